The highest BCUT2D eigenvalue weighted by molar-refractivity contribution is 7.89. The summed E-state index contributed by atoms with van der Waals surface area (Å²) < 4.78 is 25.3. The van der Waals surface area contributed by atoms with Crippen molar-refractivity contribution in [3.63, 3.8) is 0 Å². The normalized spacial score (nSPS) is 18.5. The minimum Gasteiger partial charge on any atom is -0.284 e. The van der Waals surface area contributed by atoms with Crippen LogP contribution in [0, 0.1) is 0 Å². The molecule has 15 heavy (non-hydrogen) atoms. The van der Waals surface area contributed by atoms with E-state index < -0.39 is 10.0 Å². The lowest BCUT2D eigenvalue weighted by atomic mass is 10.5. The Kier molecular flexibility index (Phi) is 3.25. The highest BCUT2D eigenvalue weighted by Gasteiger charge is 2.31. The summed E-state index contributed by atoms with van der Waals surface area (Å²) in [4.78, 5) is 5.00. The Morgan fingerprint density at radius 3 is 2.67 bits per heavy atom. The maximum Gasteiger partial charge on any atom is 0.267 e. The van der Waals surface area contributed by atoms with Gasteiger partial charge in [0, 0.05) is 6.54 Å². The molecule has 2 rings (SSSR count). The van der Waals surface area contributed by atoms with Gasteiger partial charge in [0.1, 0.15) is 9.23 Å². The average Bonchev–Trinajstić information content (AvgIpc) is 2.74. The van der Waals surface area contributed by atoms with E-state index in [1.54, 1.807) is 0 Å². The quantitative estimate of drug-likeness (QED) is 0.839. The summed E-state index contributed by atoms with van der Waals surface area (Å²) in [5.41, 5.74) is 0. The van der Waals surface area contributed by atoms with E-state index in [0.717, 1.165) is 15.8 Å². The Labute approximate surface area is 101 Å². The largest absolute Gasteiger partial charge is 0.284 e. The molecule has 0 N–H and O–H groups in total. The number of thiophene rings is 1. The fourth-order valence-corrected chi connectivity index (χ4v) is 4.64. The van der Waals surface area contributed by atoms with Crippen molar-refractivity contribution < 1.29 is 13.3 Å². The fraction of sp³-hybridized carbons (Fsp3) is 0.429. The first-order chi connectivity index (χ1) is 7.01. The number of hydroxylamine groups is 1. The summed E-state index contributed by atoms with van der Waals surface area (Å²) in [7, 11) is -3.64. The molecular weight excluding hydrogens is 281 g/mol. The van der Waals surface area contributed by atoms with E-state index in [9.17, 15) is 8.42 Å². The second-order valence-electron chi connectivity index (χ2n) is 2.91. The van der Waals surface area contributed by atoms with Crippen LogP contribution in [0.3, 0.4) is 0 Å². The van der Waals surface area contributed by atoms with Crippen LogP contribution >= 0.6 is 34.5 Å². The Balaban J connectivity index is 2.40. The van der Waals surface area contributed by atoms with Gasteiger partial charge >= 0.3 is 0 Å². The Hall–Kier alpha value is 0.150. The number of sulfonamides is 1. The molecule has 0 radical (unpaired) electrons. The van der Waals surface area contributed by atoms with Gasteiger partial charge in [-0.15, -0.1) is 11.3 Å². The third-order valence-electron chi connectivity index (χ3n) is 1.89. The van der Waals surface area contributed by atoms with Crippen molar-refractivity contribution in [2.24, 2.45) is 0 Å². The van der Waals surface area contributed by atoms with Crippen LogP contribution in [0.25, 0.3) is 0 Å². The molecule has 0 spiro atoms. The third-order valence-corrected chi connectivity index (χ3v) is 5.32. The Bertz CT molecular complexity index is 465. The molecule has 0 bridgehead atoms. The number of hydrogen-bond donors (Lipinski definition) is 0. The molecule has 1 aromatic rings. The lowest BCUT2D eigenvalue weighted by Gasteiger charge is -2.12. The van der Waals surface area contributed by atoms with Crippen molar-refractivity contribution in [1.29, 1.82) is 0 Å². The smallest absolute Gasteiger partial charge is 0.267 e. The molecule has 0 atom stereocenters. The molecule has 4 nitrogen and oxygen atoms in total. The van der Waals surface area contributed by atoms with Gasteiger partial charge in [0.25, 0.3) is 10.0 Å². The summed E-state index contributed by atoms with van der Waals surface area (Å²) in [5.74, 6) is 0. The van der Waals surface area contributed by atoms with Gasteiger partial charge in [0.15, 0.2) is 0 Å². The highest BCUT2D eigenvalue weighted by Crippen LogP contribution is 2.36. The van der Waals surface area contributed by atoms with Crippen molar-refractivity contribution in [2.75, 3.05) is 13.2 Å². The molecule has 8 heteroatoms. The predicted molar refractivity (Wildman–Crippen MR) is 58.8 cm³/mol. The molecule has 2 heterocycles. The Morgan fingerprint density at radius 2 is 2.20 bits per heavy atom. The zero-order valence-corrected chi connectivity index (χ0v) is 10.6. The lowest BCUT2D eigenvalue weighted by molar-refractivity contribution is -0.0284. The van der Waals surface area contributed by atoms with Gasteiger partial charge in [-0.05, 0) is 12.5 Å². The van der Waals surface area contributed by atoms with Gasteiger partial charge in [0.05, 0.1) is 10.9 Å². The monoisotopic (exact) mass is 287 g/mol. The molecule has 84 valence electrons. The molecule has 0 saturated carbocycles. The van der Waals surface area contributed by atoms with Crippen molar-refractivity contribution in [3.05, 3.63) is 14.7 Å². The summed E-state index contributed by atoms with van der Waals surface area (Å²) in [6.45, 7) is 0.765. The molecule has 0 amide bonds. The zero-order chi connectivity index (χ0) is 11.1. The molecule has 0 aliphatic carbocycles. The summed E-state index contributed by atoms with van der Waals surface area (Å²) in [6.07, 6.45) is 0.689. The van der Waals surface area contributed by atoms with Gasteiger partial charge in [-0.2, -0.15) is 0 Å². The first-order valence-electron chi connectivity index (χ1n) is 4.12. The van der Waals surface area contributed by atoms with E-state index in [4.69, 9.17) is 28.0 Å². The summed E-state index contributed by atoms with van der Waals surface area (Å²) in [6, 6.07) is 1.34. The van der Waals surface area contributed by atoms with Crippen molar-refractivity contribution in [2.45, 2.75) is 11.3 Å². The van der Waals surface area contributed by atoms with Gasteiger partial charge in [-0.3, -0.25) is 4.84 Å². The summed E-state index contributed by atoms with van der Waals surface area (Å²) in [5, 5.41) is 0. The van der Waals surface area contributed by atoms with E-state index >= 15 is 0 Å². The molecule has 1 aliphatic rings. The van der Waals surface area contributed by atoms with Gasteiger partial charge in [-0.1, -0.05) is 27.7 Å². The van der Waals surface area contributed by atoms with Crippen LogP contribution in [0.5, 0.6) is 0 Å². The average molecular weight is 288 g/mol. The molecule has 1 fully saturated rings. The van der Waals surface area contributed by atoms with E-state index in [0.29, 0.717) is 23.9 Å². The van der Waals surface area contributed by atoms with Crippen molar-refractivity contribution in [1.82, 2.24) is 4.47 Å². The molecular formula is C7H7Cl2NO3S2. The maximum atomic E-state index is 11.9. The molecule has 0 unspecified atom stereocenters. The standard InChI is InChI=1S/C7H7Cl2NO3S2/c8-6-4-5(7(9)14-6)15(11,12)10-2-1-3-13-10/h4H,1-3H2. The van der Waals surface area contributed by atoms with E-state index in [2.05, 4.69) is 0 Å². The zero-order valence-electron chi connectivity index (χ0n) is 7.44. The van der Waals surface area contributed by atoms with Crippen LogP contribution in [0.15, 0.2) is 11.0 Å². The minimum absolute atomic E-state index is 0.0149. The number of hydrogen-bond acceptors (Lipinski definition) is 4. The van der Waals surface area contributed by atoms with Crippen molar-refractivity contribution in [3.8, 4) is 0 Å². The minimum atomic E-state index is -3.64. The van der Waals surface area contributed by atoms with Crippen LogP contribution in [-0.4, -0.2) is 26.0 Å². The van der Waals surface area contributed by atoms with Crippen LogP contribution in [0.2, 0.25) is 8.67 Å². The third kappa shape index (κ3) is 2.15. The first-order valence-corrected chi connectivity index (χ1v) is 7.13. The SMILES string of the molecule is O=S(=O)(c1cc(Cl)sc1Cl)N1CCCO1. The molecule has 1 saturated heterocycles. The predicted octanol–water partition coefficient (Wildman–Crippen LogP) is 2.38. The van der Waals surface area contributed by atoms with Gasteiger partial charge in [0.2, 0.25) is 0 Å². The van der Waals surface area contributed by atoms with Gasteiger partial charge < -0.3 is 0 Å². The fourth-order valence-electron chi connectivity index (χ4n) is 1.22. The van der Waals surface area contributed by atoms with Crippen LogP contribution in [-0.2, 0) is 14.9 Å². The second kappa shape index (κ2) is 4.20. The van der Waals surface area contributed by atoms with Crippen molar-refractivity contribution >= 4 is 44.6 Å². The molecule has 1 aromatic heterocycles. The summed E-state index contributed by atoms with van der Waals surface area (Å²) >= 11 is 12.5. The van der Waals surface area contributed by atoms with Gasteiger partial charge in [-0.25, -0.2) is 8.42 Å². The number of rotatable bonds is 2. The lowest BCUT2D eigenvalue weighted by Crippen LogP contribution is -2.26. The van der Waals surface area contributed by atoms with Crippen LogP contribution in [0.4, 0.5) is 0 Å². The maximum absolute atomic E-state index is 11.9. The highest BCUT2D eigenvalue weighted by atomic mass is 35.5. The Morgan fingerprint density at radius 1 is 1.47 bits per heavy atom. The van der Waals surface area contributed by atoms with Crippen LogP contribution in [0.1, 0.15) is 6.42 Å². The molecule has 0 aromatic carbocycles. The van der Waals surface area contributed by atoms with E-state index in [-0.39, 0.29) is 9.23 Å². The van der Waals surface area contributed by atoms with E-state index in [1.807, 2.05) is 0 Å². The number of halogens is 2. The van der Waals surface area contributed by atoms with E-state index in [1.165, 1.54) is 6.07 Å². The molecule has 1 aliphatic heterocycles. The topological polar surface area (TPSA) is 46.6 Å². The first kappa shape index (κ1) is 11.6. The second-order valence-corrected chi connectivity index (χ2v) is 6.99. The number of nitrogens with zero attached hydrogens (tertiary/aromatic N) is 1. The van der Waals surface area contributed by atoms with Crippen LogP contribution < -0.4 is 0 Å².